The summed E-state index contributed by atoms with van der Waals surface area (Å²) >= 11 is 6.15. The number of carboxylic acid groups (broad SMARTS) is 1. The lowest BCUT2D eigenvalue weighted by Gasteiger charge is -2.15. The van der Waals surface area contributed by atoms with Crippen molar-refractivity contribution >= 4 is 41.1 Å². The van der Waals surface area contributed by atoms with E-state index in [1.54, 1.807) is 38.2 Å². The minimum atomic E-state index is -3.59. The number of carbonyl (C=O) groups is 3. The first kappa shape index (κ1) is 25.0. The molecule has 3 atom stereocenters. The van der Waals surface area contributed by atoms with Gasteiger partial charge >= 0.3 is 12.1 Å². The molecule has 2 amide bonds. The SMILES string of the molecule is C[C@@H](OC(=O)Nc1c(-c2ccc(NC(=O)C3C(C(=O)O)C3(F)F)cc2)nnn1C)c1ccccc1Cl. The summed E-state index contributed by atoms with van der Waals surface area (Å²) in [6, 6.07) is 12.9. The number of ether oxygens (including phenoxy) is 1. The van der Waals surface area contributed by atoms with E-state index >= 15 is 0 Å². The molecular weight excluding hydrogens is 500 g/mol. The third kappa shape index (κ3) is 4.85. The molecule has 2 aromatic carbocycles. The standard InChI is InChI=1S/C23H20ClF2N5O5/c1-11(14-5-3-4-6-15(14)24)36-22(35)28-19-18(29-30-31(19)2)12-7-9-13(10-8-12)27-20(32)16-17(21(33)34)23(16,25)26/h3-11,16-17H,1-2H3,(H,27,32)(H,28,35)(H,33,34)/t11-,16?,17?/m1/s1. The summed E-state index contributed by atoms with van der Waals surface area (Å²) in [6.45, 7) is 1.67. The van der Waals surface area contributed by atoms with Gasteiger partial charge in [-0.05, 0) is 25.1 Å². The van der Waals surface area contributed by atoms with Crippen molar-refractivity contribution in [3.8, 4) is 11.3 Å². The van der Waals surface area contributed by atoms with Crippen molar-refractivity contribution < 1.29 is 33.0 Å². The molecule has 36 heavy (non-hydrogen) atoms. The summed E-state index contributed by atoms with van der Waals surface area (Å²) in [7, 11) is 1.56. The van der Waals surface area contributed by atoms with Gasteiger partial charge in [-0.15, -0.1) is 5.10 Å². The molecule has 2 unspecified atom stereocenters. The van der Waals surface area contributed by atoms with Crippen LogP contribution in [-0.2, 0) is 21.4 Å². The molecule has 1 aliphatic rings. The Morgan fingerprint density at radius 2 is 1.78 bits per heavy atom. The Kier molecular flexibility index (Phi) is 6.63. The van der Waals surface area contributed by atoms with E-state index < -0.39 is 41.8 Å². The molecule has 0 saturated heterocycles. The second kappa shape index (κ2) is 9.53. The number of hydrogen-bond donors (Lipinski definition) is 3. The number of aromatic nitrogens is 3. The summed E-state index contributed by atoms with van der Waals surface area (Å²) in [4.78, 5) is 35.5. The first-order chi connectivity index (χ1) is 17.0. The fraction of sp³-hybridized carbons (Fsp3) is 0.261. The number of carbonyl (C=O) groups excluding carboxylic acids is 2. The Bertz CT molecular complexity index is 1330. The van der Waals surface area contributed by atoms with Crippen LogP contribution < -0.4 is 10.6 Å². The average Bonchev–Trinajstić information content (AvgIpc) is 3.25. The van der Waals surface area contributed by atoms with Crippen molar-refractivity contribution in [2.75, 3.05) is 10.6 Å². The maximum absolute atomic E-state index is 13.6. The number of anilines is 2. The number of aryl methyl sites for hydroxylation is 1. The van der Waals surface area contributed by atoms with Crippen LogP contribution in [0.1, 0.15) is 18.6 Å². The number of halogens is 3. The molecule has 0 aliphatic heterocycles. The van der Waals surface area contributed by atoms with E-state index in [0.29, 0.717) is 16.1 Å². The molecule has 0 radical (unpaired) electrons. The van der Waals surface area contributed by atoms with Crippen LogP contribution in [0, 0.1) is 11.8 Å². The van der Waals surface area contributed by atoms with Gasteiger partial charge < -0.3 is 15.2 Å². The zero-order chi connectivity index (χ0) is 26.2. The van der Waals surface area contributed by atoms with Crippen LogP contribution in [-0.4, -0.2) is 44.0 Å². The number of carboxylic acids is 1. The normalized spacial score (nSPS) is 18.7. The number of benzene rings is 2. The number of nitrogens with one attached hydrogen (secondary N) is 2. The number of rotatable bonds is 7. The minimum absolute atomic E-state index is 0.182. The topological polar surface area (TPSA) is 135 Å². The number of hydrogen-bond acceptors (Lipinski definition) is 6. The van der Waals surface area contributed by atoms with Crippen LogP contribution in [0.5, 0.6) is 0 Å². The third-order valence-electron chi connectivity index (χ3n) is 5.70. The Hall–Kier alpha value is -4.06. The molecule has 0 spiro atoms. The molecular formula is C23H20ClF2N5O5. The van der Waals surface area contributed by atoms with Gasteiger partial charge in [0.2, 0.25) is 5.91 Å². The molecule has 13 heteroatoms. The largest absolute Gasteiger partial charge is 0.481 e. The molecule has 188 valence electrons. The number of amides is 2. The van der Waals surface area contributed by atoms with E-state index in [0.717, 1.165) is 0 Å². The summed E-state index contributed by atoms with van der Waals surface area (Å²) in [5.41, 5.74) is 1.60. The smallest absolute Gasteiger partial charge is 0.413 e. The van der Waals surface area contributed by atoms with E-state index in [-0.39, 0.29) is 17.2 Å². The quantitative estimate of drug-likeness (QED) is 0.422. The van der Waals surface area contributed by atoms with Crippen molar-refractivity contribution in [2.24, 2.45) is 18.9 Å². The van der Waals surface area contributed by atoms with E-state index in [2.05, 4.69) is 20.9 Å². The van der Waals surface area contributed by atoms with Crippen molar-refractivity contribution in [1.82, 2.24) is 15.0 Å². The number of nitrogens with zero attached hydrogens (tertiary/aromatic N) is 3. The van der Waals surface area contributed by atoms with Crippen molar-refractivity contribution in [3.05, 3.63) is 59.1 Å². The Morgan fingerprint density at radius 1 is 1.11 bits per heavy atom. The lowest BCUT2D eigenvalue weighted by Crippen LogP contribution is -2.18. The van der Waals surface area contributed by atoms with E-state index in [1.807, 2.05) is 0 Å². The van der Waals surface area contributed by atoms with Crippen LogP contribution in [0.25, 0.3) is 11.3 Å². The van der Waals surface area contributed by atoms with Gasteiger partial charge in [0.25, 0.3) is 5.92 Å². The van der Waals surface area contributed by atoms with Crippen LogP contribution in [0.15, 0.2) is 48.5 Å². The lowest BCUT2D eigenvalue weighted by atomic mass is 10.1. The van der Waals surface area contributed by atoms with Gasteiger partial charge in [0.15, 0.2) is 5.82 Å². The molecule has 1 saturated carbocycles. The molecule has 4 rings (SSSR count). The highest BCUT2D eigenvalue weighted by Gasteiger charge is 2.75. The Labute approximate surface area is 208 Å². The molecule has 10 nitrogen and oxygen atoms in total. The Balaban J connectivity index is 1.43. The minimum Gasteiger partial charge on any atom is -0.481 e. The highest BCUT2D eigenvalue weighted by atomic mass is 35.5. The zero-order valence-electron chi connectivity index (χ0n) is 18.9. The average molecular weight is 520 g/mol. The summed E-state index contributed by atoms with van der Waals surface area (Å²) in [5.74, 6) is -10.1. The van der Waals surface area contributed by atoms with Gasteiger partial charge in [-0.25, -0.2) is 18.3 Å². The highest BCUT2D eigenvalue weighted by Crippen LogP contribution is 2.55. The molecule has 1 heterocycles. The predicted molar refractivity (Wildman–Crippen MR) is 125 cm³/mol. The first-order valence-corrected chi connectivity index (χ1v) is 11.0. The van der Waals surface area contributed by atoms with Crippen molar-refractivity contribution in [1.29, 1.82) is 0 Å². The van der Waals surface area contributed by atoms with Crippen molar-refractivity contribution in [3.63, 3.8) is 0 Å². The molecule has 3 aromatic rings. The maximum atomic E-state index is 13.6. The second-order valence-electron chi connectivity index (χ2n) is 8.14. The third-order valence-corrected chi connectivity index (χ3v) is 6.05. The highest BCUT2D eigenvalue weighted by molar-refractivity contribution is 6.31. The van der Waals surface area contributed by atoms with Crippen molar-refractivity contribution in [2.45, 2.75) is 19.0 Å². The van der Waals surface area contributed by atoms with Gasteiger partial charge in [-0.1, -0.05) is 47.1 Å². The van der Waals surface area contributed by atoms with Gasteiger partial charge in [0.1, 0.15) is 23.6 Å². The second-order valence-corrected chi connectivity index (χ2v) is 8.55. The first-order valence-electron chi connectivity index (χ1n) is 10.6. The van der Waals surface area contributed by atoms with Gasteiger partial charge in [-0.2, -0.15) is 0 Å². The van der Waals surface area contributed by atoms with E-state index in [4.69, 9.17) is 21.4 Å². The van der Waals surface area contributed by atoms with Crippen LogP contribution in [0.2, 0.25) is 5.02 Å². The van der Waals surface area contributed by atoms with Gasteiger partial charge in [-0.3, -0.25) is 14.9 Å². The van der Waals surface area contributed by atoms with Gasteiger partial charge in [0.05, 0.1) is 0 Å². The van der Waals surface area contributed by atoms with Crippen LogP contribution >= 0.6 is 11.6 Å². The molecule has 1 aromatic heterocycles. The van der Waals surface area contributed by atoms with Gasteiger partial charge in [0, 0.05) is 28.9 Å². The van der Waals surface area contributed by atoms with E-state index in [9.17, 15) is 23.2 Å². The monoisotopic (exact) mass is 519 g/mol. The number of aliphatic carboxylic acids is 1. The fourth-order valence-electron chi connectivity index (χ4n) is 3.74. The molecule has 1 fully saturated rings. The number of alkyl halides is 2. The van der Waals surface area contributed by atoms with Crippen LogP contribution in [0.4, 0.5) is 25.1 Å². The van der Waals surface area contributed by atoms with E-state index in [1.165, 1.54) is 28.9 Å². The summed E-state index contributed by atoms with van der Waals surface area (Å²) in [6.07, 6.45) is -1.40. The Morgan fingerprint density at radius 3 is 2.39 bits per heavy atom. The molecule has 0 bridgehead atoms. The zero-order valence-corrected chi connectivity index (χ0v) is 19.7. The molecule has 3 N–H and O–H groups in total. The summed E-state index contributed by atoms with van der Waals surface area (Å²) in [5, 5.41) is 22.1. The molecule has 1 aliphatic carbocycles. The fourth-order valence-corrected chi connectivity index (χ4v) is 4.03. The maximum Gasteiger partial charge on any atom is 0.413 e. The predicted octanol–water partition coefficient (Wildman–Crippen LogP) is 4.35. The summed E-state index contributed by atoms with van der Waals surface area (Å²) < 4.78 is 33.9. The lowest BCUT2D eigenvalue weighted by molar-refractivity contribution is -0.141. The van der Waals surface area contributed by atoms with Crippen LogP contribution in [0.3, 0.4) is 0 Å².